The van der Waals surface area contributed by atoms with E-state index in [9.17, 15) is 9.59 Å². The van der Waals surface area contributed by atoms with Crippen molar-refractivity contribution in [1.29, 1.82) is 0 Å². The number of carbonyl (C=O) groups is 2. The molecule has 4 nitrogen and oxygen atoms in total. The summed E-state index contributed by atoms with van der Waals surface area (Å²) < 4.78 is 0. The monoisotopic (exact) mass is 292 g/mol. The van der Waals surface area contributed by atoms with Gasteiger partial charge in [0, 0.05) is 0 Å². The summed E-state index contributed by atoms with van der Waals surface area (Å²) in [5.74, 6) is -2.22. The number of carboxylic acid groups (broad SMARTS) is 2. The summed E-state index contributed by atoms with van der Waals surface area (Å²) in [4.78, 5) is 21.2. The molecule has 1 aromatic rings. The maximum Gasteiger partial charge on any atom is 0.335 e. The highest BCUT2D eigenvalue weighted by molar-refractivity contribution is 5.96. The molecule has 0 spiro atoms. The van der Waals surface area contributed by atoms with Crippen LogP contribution in [-0.2, 0) is 0 Å². The van der Waals surface area contributed by atoms with E-state index in [0.717, 1.165) is 0 Å². The van der Waals surface area contributed by atoms with Gasteiger partial charge in [-0.15, -0.1) is 6.58 Å². The number of benzene rings is 1. The van der Waals surface area contributed by atoms with E-state index in [4.69, 9.17) is 10.2 Å². The molecule has 0 saturated heterocycles. The van der Waals surface area contributed by atoms with Crippen LogP contribution in [0.15, 0.2) is 30.9 Å². The first-order chi connectivity index (χ1) is 9.95. The molecular formula is C17H24O4. The lowest BCUT2D eigenvalue weighted by atomic mass is 10.0. The molecule has 0 bridgehead atoms. The molecule has 0 aliphatic carbocycles. The van der Waals surface area contributed by atoms with E-state index < -0.39 is 11.9 Å². The Balaban J connectivity index is 0.000000433. The highest BCUT2D eigenvalue weighted by Crippen LogP contribution is 2.13. The third-order valence-corrected chi connectivity index (χ3v) is 3.06. The number of hydrogen-bond acceptors (Lipinski definition) is 2. The van der Waals surface area contributed by atoms with Gasteiger partial charge >= 0.3 is 11.9 Å². The minimum Gasteiger partial charge on any atom is -0.478 e. The molecule has 116 valence electrons. The van der Waals surface area contributed by atoms with Crippen molar-refractivity contribution in [2.24, 2.45) is 0 Å². The zero-order valence-electron chi connectivity index (χ0n) is 12.8. The maximum absolute atomic E-state index is 10.6. The first kappa shape index (κ1) is 18.9. The molecule has 0 unspecified atom stereocenters. The van der Waals surface area contributed by atoms with Crippen molar-refractivity contribution in [1.82, 2.24) is 0 Å². The Kier molecular flexibility index (Phi) is 9.59. The van der Waals surface area contributed by atoms with Gasteiger partial charge in [0.1, 0.15) is 0 Å². The van der Waals surface area contributed by atoms with E-state index >= 15 is 0 Å². The number of aromatic carboxylic acids is 2. The van der Waals surface area contributed by atoms with Gasteiger partial charge < -0.3 is 10.2 Å². The fraction of sp³-hybridized carbons (Fsp3) is 0.412. The molecular weight excluding hydrogens is 268 g/mol. The summed E-state index contributed by atoms with van der Waals surface area (Å²) in [6, 6.07) is 4.17. The number of carboxylic acids is 2. The molecule has 0 heterocycles. The van der Waals surface area contributed by atoms with Crippen LogP contribution in [0.4, 0.5) is 0 Å². The Labute approximate surface area is 126 Å². The quantitative estimate of drug-likeness (QED) is 0.571. The molecule has 1 rings (SSSR count). The molecule has 0 aliphatic rings. The predicted molar refractivity (Wildman–Crippen MR) is 84.1 cm³/mol. The van der Waals surface area contributed by atoms with Gasteiger partial charge in [0.15, 0.2) is 0 Å². The second-order valence-electron chi connectivity index (χ2n) is 4.73. The number of hydrogen-bond donors (Lipinski definition) is 2. The first-order valence-electron chi connectivity index (χ1n) is 7.12. The van der Waals surface area contributed by atoms with E-state index in [1.165, 1.54) is 57.2 Å². The van der Waals surface area contributed by atoms with Crippen molar-refractivity contribution in [3.63, 3.8) is 0 Å². The Morgan fingerprint density at radius 1 is 1.10 bits per heavy atom. The third-order valence-electron chi connectivity index (χ3n) is 3.06. The molecule has 4 heteroatoms. The number of unbranched alkanes of at least 4 members (excludes halogenated alkanes) is 4. The highest BCUT2D eigenvalue weighted by Gasteiger charge is 2.13. The smallest absolute Gasteiger partial charge is 0.335 e. The zero-order valence-corrected chi connectivity index (χ0v) is 12.8. The summed E-state index contributed by atoms with van der Waals surface area (Å²) >= 11 is 0. The first-order valence-corrected chi connectivity index (χ1v) is 7.12. The van der Waals surface area contributed by atoms with Crippen molar-refractivity contribution in [2.45, 2.75) is 46.0 Å². The van der Waals surface area contributed by atoms with Gasteiger partial charge in [-0.1, -0.05) is 38.3 Å². The van der Waals surface area contributed by atoms with Gasteiger partial charge in [-0.05, 0) is 37.5 Å². The van der Waals surface area contributed by atoms with Crippen LogP contribution in [0.25, 0.3) is 0 Å². The molecule has 21 heavy (non-hydrogen) atoms. The van der Waals surface area contributed by atoms with Gasteiger partial charge in [-0.25, -0.2) is 9.59 Å². The second kappa shape index (κ2) is 10.7. The SMILES string of the molecule is C=CCCCCCC.Cc1c(C(=O)O)cccc1C(=O)O. The highest BCUT2D eigenvalue weighted by atomic mass is 16.4. The fourth-order valence-corrected chi connectivity index (χ4v) is 1.81. The van der Waals surface area contributed by atoms with Crippen LogP contribution in [0.1, 0.15) is 65.3 Å². The average Bonchev–Trinajstić information content (AvgIpc) is 2.44. The molecule has 0 fully saturated rings. The molecule has 2 N–H and O–H groups in total. The Hall–Kier alpha value is -2.10. The van der Waals surface area contributed by atoms with Crippen molar-refractivity contribution in [3.8, 4) is 0 Å². The standard InChI is InChI=1S/C9H8O4.C8H16/c1-5-6(8(10)11)3-2-4-7(5)9(12)13;1-3-5-7-8-6-4-2/h2-4H,1H3,(H,10,11)(H,12,13);3H,1,4-8H2,2H3. The predicted octanol–water partition coefficient (Wildman–Crippen LogP) is 4.53. The van der Waals surface area contributed by atoms with Crippen LogP contribution in [0.3, 0.4) is 0 Å². The van der Waals surface area contributed by atoms with Gasteiger partial charge in [-0.2, -0.15) is 0 Å². The zero-order chi connectivity index (χ0) is 16.3. The lowest BCUT2D eigenvalue weighted by Gasteiger charge is -2.03. The average molecular weight is 292 g/mol. The maximum atomic E-state index is 10.6. The van der Waals surface area contributed by atoms with Crippen LogP contribution >= 0.6 is 0 Å². The molecule has 1 aromatic carbocycles. The van der Waals surface area contributed by atoms with Gasteiger partial charge in [-0.3, -0.25) is 0 Å². The van der Waals surface area contributed by atoms with Crippen molar-refractivity contribution in [3.05, 3.63) is 47.5 Å². The molecule has 0 saturated carbocycles. The molecule has 0 amide bonds. The van der Waals surface area contributed by atoms with Crippen LogP contribution in [-0.4, -0.2) is 22.2 Å². The van der Waals surface area contributed by atoms with Crippen LogP contribution < -0.4 is 0 Å². The van der Waals surface area contributed by atoms with Crippen molar-refractivity contribution in [2.75, 3.05) is 0 Å². The molecule has 0 aromatic heterocycles. The Morgan fingerprint density at radius 3 is 2.00 bits per heavy atom. The van der Waals surface area contributed by atoms with Gasteiger partial charge in [0.2, 0.25) is 0 Å². The van der Waals surface area contributed by atoms with E-state index in [0.29, 0.717) is 0 Å². The third kappa shape index (κ3) is 7.30. The topological polar surface area (TPSA) is 74.6 Å². The van der Waals surface area contributed by atoms with Gasteiger partial charge in [0.25, 0.3) is 0 Å². The summed E-state index contributed by atoms with van der Waals surface area (Å²) in [5, 5.41) is 17.4. The van der Waals surface area contributed by atoms with Crippen molar-refractivity contribution >= 4 is 11.9 Å². The summed E-state index contributed by atoms with van der Waals surface area (Å²) in [7, 11) is 0. The molecule has 0 radical (unpaired) electrons. The molecule has 0 aliphatic heterocycles. The van der Waals surface area contributed by atoms with Gasteiger partial charge in [0.05, 0.1) is 11.1 Å². The Morgan fingerprint density at radius 2 is 1.62 bits per heavy atom. The minimum absolute atomic E-state index is 0.0277. The van der Waals surface area contributed by atoms with Crippen molar-refractivity contribution < 1.29 is 19.8 Å². The van der Waals surface area contributed by atoms with E-state index in [1.54, 1.807) is 0 Å². The lowest BCUT2D eigenvalue weighted by molar-refractivity contribution is 0.0696. The summed E-state index contributed by atoms with van der Waals surface area (Å²) in [6.07, 6.45) is 8.61. The summed E-state index contributed by atoms with van der Waals surface area (Å²) in [5.41, 5.74) is 0.335. The Bertz CT molecular complexity index is 445. The molecule has 0 atom stereocenters. The number of rotatable bonds is 7. The second-order valence-corrected chi connectivity index (χ2v) is 4.73. The van der Waals surface area contributed by atoms with E-state index in [2.05, 4.69) is 13.5 Å². The fourth-order valence-electron chi connectivity index (χ4n) is 1.81. The normalized spacial score (nSPS) is 9.43. The van der Waals surface area contributed by atoms with E-state index in [-0.39, 0.29) is 16.7 Å². The van der Waals surface area contributed by atoms with Crippen LogP contribution in [0, 0.1) is 6.92 Å². The number of allylic oxidation sites excluding steroid dienone is 1. The van der Waals surface area contributed by atoms with Crippen LogP contribution in [0.5, 0.6) is 0 Å². The van der Waals surface area contributed by atoms with E-state index in [1.807, 2.05) is 6.08 Å². The largest absolute Gasteiger partial charge is 0.478 e. The minimum atomic E-state index is -1.11. The summed E-state index contributed by atoms with van der Waals surface area (Å²) in [6.45, 7) is 7.37. The lowest BCUT2D eigenvalue weighted by Crippen LogP contribution is -2.06. The van der Waals surface area contributed by atoms with Crippen LogP contribution in [0.2, 0.25) is 0 Å².